The number of amides is 1. The second-order valence-corrected chi connectivity index (χ2v) is 12.2. The summed E-state index contributed by atoms with van der Waals surface area (Å²) in [5, 5.41) is 0. The Morgan fingerprint density at radius 1 is 1.24 bits per heavy atom. The molecule has 166 valence electrons. The lowest BCUT2D eigenvalue weighted by Gasteiger charge is -2.31. The van der Waals surface area contributed by atoms with Gasteiger partial charge in [0.1, 0.15) is 4.32 Å². The normalized spacial score (nSPS) is 21.9. The Kier molecular flexibility index (Phi) is 9.21. The molecule has 0 bridgehead atoms. The topological polar surface area (TPSA) is 84.0 Å². The van der Waals surface area contributed by atoms with Crippen LogP contribution in [0.2, 0.25) is 0 Å². The maximum atomic E-state index is 12.6. The Hall–Kier alpha value is -0.870. The van der Waals surface area contributed by atoms with Crippen LogP contribution in [0.25, 0.3) is 0 Å². The van der Waals surface area contributed by atoms with Gasteiger partial charge in [-0.15, -0.1) is 0 Å². The first-order chi connectivity index (χ1) is 13.6. The number of nitrogens with zero attached hydrogens (tertiary/aromatic N) is 2. The summed E-state index contributed by atoms with van der Waals surface area (Å²) in [4.78, 5) is 28.4. The van der Waals surface area contributed by atoms with Gasteiger partial charge in [0.25, 0.3) is 5.91 Å². The molecule has 2 saturated heterocycles. The number of ether oxygens (including phenoxy) is 1. The van der Waals surface area contributed by atoms with E-state index in [2.05, 4.69) is 11.8 Å². The summed E-state index contributed by atoms with van der Waals surface area (Å²) >= 11 is 6.67. The number of hydrogen-bond acceptors (Lipinski definition) is 7. The van der Waals surface area contributed by atoms with Crippen molar-refractivity contribution in [2.45, 2.75) is 46.1 Å². The minimum Gasteiger partial charge on any atom is -0.455 e. The van der Waals surface area contributed by atoms with Gasteiger partial charge in [0.15, 0.2) is 16.4 Å². The van der Waals surface area contributed by atoms with E-state index in [1.54, 1.807) is 4.90 Å². The Morgan fingerprint density at radius 3 is 2.45 bits per heavy atom. The first-order valence-corrected chi connectivity index (χ1v) is 13.4. The van der Waals surface area contributed by atoms with E-state index in [1.165, 1.54) is 11.8 Å². The molecule has 0 aromatic heterocycles. The summed E-state index contributed by atoms with van der Waals surface area (Å²) in [6.45, 7) is 8.07. The summed E-state index contributed by atoms with van der Waals surface area (Å²) < 4.78 is 29.4. The Balaban J connectivity index is 1.78. The first-order valence-electron chi connectivity index (χ1n) is 10.1. The van der Waals surface area contributed by atoms with Crippen molar-refractivity contribution in [3.8, 4) is 0 Å². The second kappa shape index (κ2) is 10.9. The third-order valence-corrected chi connectivity index (χ3v) is 8.49. The van der Waals surface area contributed by atoms with E-state index in [9.17, 15) is 18.0 Å². The maximum absolute atomic E-state index is 12.6. The predicted molar refractivity (Wildman–Crippen MR) is 120 cm³/mol. The molecular weight excluding hydrogens is 432 g/mol. The largest absolute Gasteiger partial charge is 0.455 e. The molecule has 0 aliphatic carbocycles. The van der Waals surface area contributed by atoms with Gasteiger partial charge in [0.2, 0.25) is 0 Å². The second-order valence-electron chi connectivity index (χ2n) is 8.38. The molecule has 0 radical (unpaired) electrons. The molecule has 7 nitrogen and oxygen atoms in total. The Morgan fingerprint density at radius 2 is 1.90 bits per heavy atom. The van der Waals surface area contributed by atoms with Gasteiger partial charge in [-0.05, 0) is 31.1 Å². The zero-order valence-corrected chi connectivity index (χ0v) is 19.9. The molecule has 10 heteroatoms. The highest BCUT2D eigenvalue weighted by molar-refractivity contribution is 8.23. The van der Waals surface area contributed by atoms with Gasteiger partial charge >= 0.3 is 5.97 Å². The van der Waals surface area contributed by atoms with Crippen molar-refractivity contribution in [3.05, 3.63) is 0 Å². The molecule has 0 aromatic rings. The maximum Gasteiger partial charge on any atom is 0.316 e. The highest BCUT2D eigenvalue weighted by atomic mass is 32.2. The molecule has 1 atom stereocenters. The van der Waals surface area contributed by atoms with Crippen LogP contribution < -0.4 is 0 Å². The van der Waals surface area contributed by atoms with Crippen molar-refractivity contribution < 1.29 is 22.7 Å². The summed E-state index contributed by atoms with van der Waals surface area (Å²) in [5.41, 5.74) is 0. The quantitative estimate of drug-likeness (QED) is 0.418. The molecule has 2 fully saturated rings. The molecule has 1 amide bonds. The summed E-state index contributed by atoms with van der Waals surface area (Å²) in [6.07, 6.45) is 2.64. The number of piperidine rings is 1. The molecule has 0 spiro atoms. The zero-order valence-electron chi connectivity index (χ0n) is 17.5. The minimum atomic E-state index is -3.10. The number of carbonyl (C=O) groups is 2. The zero-order chi connectivity index (χ0) is 21.6. The van der Waals surface area contributed by atoms with Gasteiger partial charge in [-0.2, -0.15) is 0 Å². The lowest BCUT2D eigenvalue weighted by molar-refractivity contribution is -0.151. The van der Waals surface area contributed by atoms with Crippen LogP contribution in [0.15, 0.2) is 0 Å². The number of carbonyl (C=O) groups excluding carboxylic acids is 2. The average Bonchev–Trinajstić information content (AvgIpc) is 3.02. The summed E-state index contributed by atoms with van der Waals surface area (Å²) in [6, 6.07) is -0.336. The van der Waals surface area contributed by atoms with E-state index in [4.69, 9.17) is 17.0 Å². The molecule has 0 aromatic carbocycles. The van der Waals surface area contributed by atoms with Crippen molar-refractivity contribution in [2.75, 3.05) is 43.5 Å². The molecule has 2 rings (SSSR count). The summed E-state index contributed by atoms with van der Waals surface area (Å²) in [5.74, 6) is 0.226. The third-order valence-electron chi connectivity index (χ3n) is 5.24. The standard InChI is InChI=1S/C19H32N2O5S3/c1-14(2)10-21(16-6-9-29(24,25)13-16)17(22)11-26-18(23)12-28-19(27)20-7-4-15(3)5-8-20/h14-16H,4-13H2,1-3H3. The smallest absolute Gasteiger partial charge is 0.316 e. The molecule has 1 unspecified atom stereocenters. The lowest BCUT2D eigenvalue weighted by Crippen LogP contribution is -2.45. The van der Waals surface area contributed by atoms with Crippen LogP contribution in [0.3, 0.4) is 0 Å². The van der Waals surface area contributed by atoms with E-state index < -0.39 is 15.8 Å². The van der Waals surface area contributed by atoms with Crippen LogP contribution in [-0.4, -0.2) is 84.0 Å². The monoisotopic (exact) mass is 464 g/mol. The van der Waals surface area contributed by atoms with Crippen LogP contribution in [-0.2, 0) is 24.2 Å². The van der Waals surface area contributed by atoms with Crippen molar-refractivity contribution in [2.24, 2.45) is 11.8 Å². The fourth-order valence-corrected chi connectivity index (χ4v) is 6.32. The van der Waals surface area contributed by atoms with Gasteiger partial charge in [-0.3, -0.25) is 9.59 Å². The van der Waals surface area contributed by atoms with Crippen LogP contribution in [0.4, 0.5) is 0 Å². The molecule has 2 aliphatic heterocycles. The van der Waals surface area contributed by atoms with Gasteiger partial charge in [-0.25, -0.2) is 8.42 Å². The number of esters is 1. The van der Waals surface area contributed by atoms with Crippen LogP contribution >= 0.6 is 24.0 Å². The van der Waals surface area contributed by atoms with Crippen LogP contribution in [0, 0.1) is 11.8 Å². The van der Waals surface area contributed by atoms with Crippen LogP contribution in [0.5, 0.6) is 0 Å². The van der Waals surface area contributed by atoms with E-state index in [1.807, 2.05) is 13.8 Å². The summed E-state index contributed by atoms with van der Waals surface area (Å²) in [7, 11) is -3.10. The van der Waals surface area contributed by atoms with Crippen molar-refractivity contribution in [1.29, 1.82) is 0 Å². The van der Waals surface area contributed by atoms with Gasteiger partial charge in [0.05, 0.1) is 17.3 Å². The lowest BCUT2D eigenvalue weighted by atomic mass is 10.00. The van der Waals surface area contributed by atoms with E-state index in [0.29, 0.717) is 23.2 Å². The molecule has 2 heterocycles. The number of sulfone groups is 1. The number of likely N-dealkylation sites (tertiary alicyclic amines) is 1. The average molecular weight is 465 g/mol. The molecule has 0 saturated carbocycles. The van der Waals surface area contributed by atoms with Crippen LogP contribution in [0.1, 0.15) is 40.0 Å². The molecular formula is C19H32N2O5S3. The van der Waals surface area contributed by atoms with Gasteiger partial charge < -0.3 is 14.5 Å². The number of rotatable bonds is 7. The number of hydrogen-bond donors (Lipinski definition) is 0. The number of thioether (sulfide) groups is 1. The minimum absolute atomic E-state index is 0.0159. The number of thiocarbonyl (C=S) groups is 1. The highest BCUT2D eigenvalue weighted by Crippen LogP contribution is 2.21. The molecule has 29 heavy (non-hydrogen) atoms. The molecule has 2 aliphatic rings. The predicted octanol–water partition coefficient (Wildman–Crippen LogP) is 1.95. The van der Waals surface area contributed by atoms with E-state index in [-0.39, 0.29) is 41.7 Å². The fourth-order valence-electron chi connectivity index (χ4n) is 3.54. The first kappa shape index (κ1) is 24.4. The molecule has 0 N–H and O–H groups in total. The van der Waals surface area contributed by atoms with E-state index in [0.717, 1.165) is 25.9 Å². The SMILES string of the molecule is CC(C)CN(C(=O)COC(=O)CSC(=S)N1CCC(C)CC1)C1CCS(=O)(=O)C1. The van der Waals surface area contributed by atoms with Crippen molar-refractivity contribution >= 4 is 50.0 Å². The Labute approximate surface area is 183 Å². The Bertz CT molecular complexity index is 703. The van der Waals surface area contributed by atoms with E-state index >= 15 is 0 Å². The van der Waals surface area contributed by atoms with Crippen molar-refractivity contribution in [3.63, 3.8) is 0 Å². The van der Waals surface area contributed by atoms with Crippen molar-refractivity contribution in [1.82, 2.24) is 9.80 Å². The van der Waals surface area contributed by atoms with Gasteiger partial charge in [-0.1, -0.05) is 44.8 Å². The fraction of sp³-hybridized carbons (Fsp3) is 0.842. The third kappa shape index (κ3) is 8.05. The highest BCUT2D eigenvalue weighted by Gasteiger charge is 2.35. The van der Waals surface area contributed by atoms with Gasteiger partial charge in [0, 0.05) is 25.7 Å².